The van der Waals surface area contributed by atoms with Crippen LogP contribution in [0.25, 0.3) is 10.9 Å². The van der Waals surface area contributed by atoms with E-state index >= 15 is 0 Å². The summed E-state index contributed by atoms with van der Waals surface area (Å²) >= 11 is 3.31. The number of halogens is 1. The van der Waals surface area contributed by atoms with Crippen LogP contribution in [0.5, 0.6) is 0 Å². The second kappa shape index (κ2) is 4.89. The van der Waals surface area contributed by atoms with E-state index in [1.807, 2.05) is 0 Å². The summed E-state index contributed by atoms with van der Waals surface area (Å²) in [4.78, 5) is 23.1. The molecule has 0 atom stereocenters. The monoisotopic (exact) mass is 310 g/mol. The summed E-state index contributed by atoms with van der Waals surface area (Å²) in [5.74, 6) is -1.48. The van der Waals surface area contributed by atoms with Crippen molar-refractivity contribution in [1.82, 2.24) is 9.78 Å². The average Bonchev–Trinajstić information content (AvgIpc) is 2.64. The molecule has 0 saturated carbocycles. The standard InChI is InChI=1S/C12H11BrN2O3/c1-3-18-12(17)10(16)7-4-5-9-8(6-7)11(13)14-15(9)2/h4-6H,3H2,1-2H3. The van der Waals surface area contributed by atoms with Crippen LogP contribution in [0.3, 0.4) is 0 Å². The highest BCUT2D eigenvalue weighted by Gasteiger charge is 2.18. The van der Waals surface area contributed by atoms with Crippen molar-refractivity contribution in [2.45, 2.75) is 6.92 Å². The molecule has 1 aromatic heterocycles. The van der Waals surface area contributed by atoms with Crippen LogP contribution in [-0.2, 0) is 16.6 Å². The van der Waals surface area contributed by atoms with Crippen molar-refractivity contribution in [2.24, 2.45) is 7.05 Å². The van der Waals surface area contributed by atoms with Crippen molar-refractivity contribution in [3.8, 4) is 0 Å². The number of ether oxygens (including phenoxy) is 1. The molecule has 0 radical (unpaired) electrons. The van der Waals surface area contributed by atoms with E-state index in [9.17, 15) is 9.59 Å². The molecule has 0 aliphatic rings. The Morgan fingerprint density at radius 1 is 1.44 bits per heavy atom. The van der Waals surface area contributed by atoms with Gasteiger partial charge in [0.15, 0.2) is 0 Å². The third-order valence-corrected chi connectivity index (χ3v) is 3.11. The Morgan fingerprint density at radius 3 is 2.83 bits per heavy atom. The number of esters is 1. The van der Waals surface area contributed by atoms with Gasteiger partial charge < -0.3 is 4.74 Å². The molecular formula is C12H11BrN2O3. The summed E-state index contributed by atoms with van der Waals surface area (Å²) in [6.07, 6.45) is 0. The van der Waals surface area contributed by atoms with E-state index in [1.165, 1.54) is 0 Å². The Hall–Kier alpha value is -1.69. The number of aromatic nitrogens is 2. The lowest BCUT2D eigenvalue weighted by molar-refractivity contribution is -0.137. The molecule has 2 rings (SSSR count). The quantitative estimate of drug-likeness (QED) is 0.495. The fourth-order valence-corrected chi connectivity index (χ4v) is 2.23. The van der Waals surface area contributed by atoms with Gasteiger partial charge in [-0.3, -0.25) is 9.48 Å². The Balaban J connectivity index is 2.44. The topological polar surface area (TPSA) is 61.2 Å². The molecule has 18 heavy (non-hydrogen) atoms. The van der Waals surface area contributed by atoms with Gasteiger partial charge in [0.25, 0.3) is 5.78 Å². The van der Waals surface area contributed by atoms with Crippen LogP contribution in [0.4, 0.5) is 0 Å². The number of fused-ring (bicyclic) bond motifs is 1. The summed E-state index contributed by atoms with van der Waals surface area (Å²) in [6, 6.07) is 4.97. The Labute approximate surface area is 112 Å². The number of benzene rings is 1. The number of Topliss-reactive ketones (excluding diaryl/α,β-unsaturated/α-hetero) is 1. The zero-order valence-electron chi connectivity index (χ0n) is 9.94. The van der Waals surface area contributed by atoms with Crippen molar-refractivity contribution in [2.75, 3.05) is 6.61 Å². The zero-order valence-corrected chi connectivity index (χ0v) is 11.5. The van der Waals surface area contributed by atoms with Crippen LogP contribution < -0.4 is 0 Å². The highest BCUT2D eigenvalue weighted by Crippen LogP contribution is 2.24. The molecule has 5 nitrogen and oxygen atoms in total. The van der Waals surface area contributed by atoms with Crippen molar-refractivity contribution in [3.63, 3.8) is 0 Å². The molecule has 0 aliphatic heterocycles. The zero-order chi connectivity index (χ0) is 13.3. The third kappa shape index (κ3) is 2.15. The van der Waals surface area contributed by atoms with Gasteiger partial charge in [-0.2, -0.15) is 5.10 Å². The van der Waals surface area contributed by atoms with E-state index in [4.69, 9.17) is 0 Å². The average molecular weight is 311 g/mol. The maximum atomic E-state index is 11.8. The number of ketones is 1. The van der Waals surface area contributed by atoms with Crippen molar-refractivity contribution in [1.29, 1.82) is 0 Å². The first-order valence-corrected chi connectivity index (χ1v) is 6.17. The summed E-state index contributed by atoms with van der Waals surface area (Å²) in [6.45, 7) is 1.84. The van der Waals surface area contributed by atoms with Gasteiger partial charge in [-0.05, 0) is 41.1 Å². The highest BCUT2D eigenvalue weighted by atomic mass is 79.9. The summed E-state index contributed by atoms with van der Waals surface area (Å²) in [5, 5.41) is 4.96. The van der Waals surface area contributed by atoms with E-state index in [0.29, 0.717) is 10.2 Å². The summed E-state index contributed by atoms with van der Waals surface area (Å²) in [7, 11) is 1.81. The van der Waals surface area contributed by atoms with Gasteiger partial charge in [0.1, 0.15) is 4.60 Å². The second-order valence-electron chi connectivity index (χ2n) is 3.70. The molecule has 1 aromatic carbocycles. The minimum Gasteiger partial charge on any atom is -0.460 e. The van der Waals surface area contributed by atoms with Crippen LogP contribution in [0.15, 0.2) is 22.8 Å². The summed E-state index contributed by atoms with van der Waals surface area (Å²) in [5.41, 5.74) is 1.18. The van der Waals surface area contributed by atoms with Crippen molar-refractivity contribution in [3.05, 3.63) is 28.4 Å². The van der Waals surface area contributed by atoms with Crippen molar-refractivity contribution >= 4 is 38.6 Å². The van der Waals surface area contributed by atoms with E-state index in [0.717, 1.165) is 10.9 Å². The maximum absolute atomic E-state index is 11.8. The fourth-order valence-electron chi connectivity index (χ4n) is 1.68. The highest BCUT2D eigenvalue weighted by molar-refractivity contribution is 9.10. The first kappa shape index (κ1) is 12.8. The molecule has 94 valence electrons. The first-order valence-electron chi connectivity index (χ1n) is 5.38. The minimum absolute atomic E-state index is 0.184. The number of nitrogens with zero attached hydrogens (tertiary/aromatic N) is 2. The van der Waals surface area contributed by atoms with E-state index in [2.05, 4.69) is 25.8 Å². The largest absolute Gasteiger partial charge is 0.460 e. The van der Waals surface area contributed by atoms with Gasteiger partial charge in [-0.25, -0.2) is 4.79 Å². The van der Waals surface area contributed by atoms with E-state index in [1.54, 1.807) is 36.9 Å². The van der Waals surface area contributed by atoms with E-state index in [-0.39, 0.29) is 6.61 Å². The molecule has 0 aliphatic carbocycles. The normalized spacial score (nSPS) is 10.6. The molecule has 0 amide bonds. The molecule has 0 bridgehead atoms. The number of hydrogen-bond donors (Lipinski definition) is 0. The third-order valence-electron chi connectivity index (χ3n) is 2.53. The summed E-state index contributed by atoms with van der Waals surface area (Å²) < 4.78 is 7.01. The molecule has 0 N–H and O–H groups in total. The van der Waals surface area contributed by atoms with Gasteiger partial charge >= 0.3 is 5.97 Å². The molecule has 2 aromatic rings. The van der Waals surface area contributed by atoms with Gasteiger partial charge in [-0.15, -0.1) is 0 Å². The maximum Gasteiger partial charge on any atom is 0.379 e. The number of hydrogen-bond acceptors (Lipinski definition) is 4. The molecule has 0 unspecified atom stereocenters. The molecule has 0 spiro atoms. The van der Waals surface area contributed by atoms with Crippen LogP contribution in [0.2, 0.25) is 0 Å². The number of rotatable bonds is 3. The van der Waals surface area contributed by atoms with Gasteiger partial charge in [0, 0.05) is 18.0 Å². The molecule has 1 heterocycles. The van der Waals surface area contributed by atoms with Crippen LogP contribution in [-0.4, -0.2) is 28.1 Å². The predicted molar refractivity (Wildman–Crippen MR) is 69.4 cm³/mol. The SMILES string of the molecule is CCOC(=O)C(=O)c1ccc2c(c1)c(Br)nn2C. The Kier molecular flexibility index (Phi) is 3.47. The van der Waals surface area contributed by atoms with Gasteiger partial charge in [0.2, 0.25) is 0 Å². The molecule has 6 heteroatoms. The lowest BCUT2D eigenvalue weighted by atomic mass is 10.1. The predicted octanol–water partition coefficient (Wildman–Crippen LogP) is 2.08. The number of aryl methyl sites for hydroxylation is 1. The van der Waals surface area contributed by atoms with Crippen molar-refractivity contribution < 1.29 is 14.3 Å². The molecule has 0 saturated heterocycles. The number of carbonyl (C=O) groups excluding carboxylic acids is 2. The Bertz CT molecular complexity index is 634. The van der Waals surface area contributed by atoms with E-state index < -0.39 is 11.8 Å². The molecule has 0 fully saturated rings. The first-order chi connectivity index (χ1) is 8.54. The van der Waals surface area contributed by atoms with Gasteiger partial charge in [0.05, 0.1) is 12.1 Å². The smallest absolute Gasteiger partial charge is 0.379 e. The minimum atomic E-state index is -0.836. The number of carbonyl (C=O) groups is 2. The van der Waals surface area contributed by atoms with Crippen LogP contribution >= 0.6 is 15.9 Å². The van der Waals surface area contributed by atoms with Crippen LogP contribution in [0.1, 0.15) is 17.3 Å². The second-order valence-corrected chi connectivity index (χ2v) is 4.45. The van der Waals surface area contributed by atoms with Crippen LogP contribution in [0, 0.1) is 0 Å². The molecular weight excluding hydrogens is 300 g/mol. The lowest BCUT2D eigenvalue weighted by Crippen LogP contribution is -2.17. The fraction of sp³-hybridized carbons (Fsp3) is 0.250. The Morgan fingerprint density at radius 2 is 2.17 bits per heavy atom. The van der Waals surface area contributed by atoms with Gasteiger partial charge in [-0.1, -0.05) is 0 Å². The lowest BCUT2D eigenvalue weighted by Gasteiger charge is -2.01.